The molecule has 1 heteroatoms. The van der Waals surface area contributed by atoms with Crippen LogP contribution in [-0.2, 0) is 5.41 Å². The van der Waals surface area contributed by atoms with E-state index < -0.39 is 0 Å². The highest BCUT2D eigenvalue weighted by atomic mass is 14.9. The van der Waals surface area contributed by atoms with Crippen LogP contribution in [0.1, 0.15) is 101 Å². The van der Waals surface area contributed by atoms with Gasteiger partial charge in [0.05, 0.1) is 6.04 Å². The lowest BCUT2D eigenvalue weighted by atomic mass is 9.77. The van der Waals surface area contributed by atoms with E-state index in [2.05, 4.69) is 199 Å². The lowest BCUT2D eigenvalue weighted by Gasteiger charge is -2.28. The molecule has 0 bridgehead atoms. The van der Waals surface area contributed by atoms with E-state index in [-0.39, 0.29) is 17.4 Å². The number of allylic oxidation sites excluding steroid dienone is 14. The molecule has 5 atom stereocenters. The fraction of sp³-hybridized carbons (Fsp3) is 0.320. The van der Waals surface area contributed by atoms with Crippen LogP contribution in [0.25, 0.3) is 5.70 Å². The number of hydrogen-bond acceptors (Lipinski definition) is 1. The number of nitrogens with one attached hydrogen (secondary N) is 1. The molecule has 0 saturated heterocycles. The van der Waals surface area contributed by atoms with E-state index >= 15 is 0 Å². The third-order valence-electron chi connectivity index (χ3n) is 10.9. The highest BCUT2D eigenvalue weighted by Crippen LogP contribution is 2.39. The molecule has 262 valence electrons. The fourth-order valence-electron chi connectivity index (χ4n) is 7.95. The lowest BCUT2D eigenvalue weighted by molar-refractivity contribution is 0.481. The van der Waals surface area contributed by atoms with E-state index in [0.717, 1.165) is 31.4 Å². The first-order valence-electron chi connectivity index (χ1n) is 19.3. The summed E-state index contributed by atoms with van der Waals surface area (Å²) in [5.74, 6) is 1.64. The third-order valence-corrected chi connectivity index (χ3v) is 10.9. The maximum absolute atomic E-state index is 3.81. The van der Waals surface area contributed by atoms with Crippen LogP contribution in [0.3, 0.4) is 0 Å². The van der Waals surface area contributed by atoms with Crippen molar-refractivity contribution in [2.45, 2.75) is 84.6 Å². The Hall–Kier alpha value is -4.62. The Morgan fingerprint density at radius 1 is 0.863 bits per heavy atom. The first kappa shape index (κ1) is 36.2. The predicted octanol–water partition coefficient (Wildman–Crippen LogP) is 13.3. The summed E-state index contributed by atoms with van der Waals surface area (Å²) in [6.45, 7) is 14.2. The first-order chi connectivity index (χ1) is 24.7. The largest absolute Gasteiger partial charge is 0.374 e. The van der Waals surface area contributed by atoms with Crippen LogP contribution in [0, 0.1) is 17.8 Å². The van der Waals surface area contributed by atoms with Crippen molar-refractivity contribution in [3.05, 3.63) is 196 Å². The number of rotatable bonds is 8. The highest BCUT2D eigenvalue weighted by molar-refractivity contribution is 5.72. The average molecular weight is 672 g/mol. The Bertz CT molecular complexity index is 1890. The maximum Gasteiger partial charge on any atom is 0.0707 e. The summed E-state index contributed by atoms with van der Waals surface area (Å²) in [7, 11) is 0. The Morgan fingerprint density at radius 2 is 1.59 bits per heavy atom. The molecule has 1 aliphatic heterocycles. The Balaban J connectivity index is 1.32. The quantitative estimate of drug-likeness (QED) is 0.235. The minimum absolute atomic E-state index is 0.0979. The van der Waals surface area contributed by atoms with Gasteiger partial charge in [-0.15, -0.1) is 0 Å². The minimum atomic E-state index is 0.0979. The second-order valence-electron chi connectivity index (χ2n) is 15.6. The third kappa shape index (κ3) is 9.01. The van der Waals surface area contributed by atoms with Crippen molar-refractivity contribution in [2.24, 2.45) is 17.8 Å². The summed E-state index contributed by atoms with van der Waals surface area (Å²) in [5, 5.41) is 3.81. The van der Waals surface area contributed by atoms with Gasteiger partial charge in [0, 0.05) is 11.6 Å². The number of benzene rings is 3. The Morgan fingerprint density at radius 3 is 2.35 bits per heavy atom. The van der Waals surface area contributed by atoms with Crippen molar-refractivity contribution >= 4 is 5.70 Å². The molecule has 0 amide bonds. The molecule has 0 radical (unpaired) electrons. The Kier molecular flexibility index (Phi) is 11.8. The van der Waals surface area contributed by atoms with Crippen molar-refractivity contribution in [3.8, 4) is 0 Å². The standard InChI is InChI=1S/C50H57N/c1-7-18-39(45-34-48(40-20-10-8-11-21-40)51-49(35-45)41-22-12-9-13-23-41)29-28-37(3)42-24-16-19-36(2)31-44(33-42)43-25-17-30-50(5,6)47-27-15-14-26-46(47)38(4)32-43/h8-18,20-29,32-38,44,48,51H,7,19,30-31H2,1-6H3/b24-16?,25-17?,29-28-,39-18+,42-33?,43-32?. The monoisotopic (exact) mass is 671 g/mol. The van der Waals surface area contributed by atoms with E-state index in [0.29, 0.717) is 17.8 Å². The van der Waals surface area contributed by atoms with Crippen LogP contribution in [0.15, 0.2) is 174 Å². The van der Waals surface area contributed by atoms with Crippen LogP contribution in [0.5, 0.6) is 0 Å². The van der Waals surface area contributed by atoms with Crippen molar-refractivity contribution in [1.82, 2.24) is 5.32 Å². The van der Waals surface area contributed by atoms with E-state index in [1.165, 1.54) is 44.5 Å². The van der Waals surface area contributed by atoms with Gasteiger partial charge in [-0.3, -0.25) is 0 Å². The summed E-state index contributed by atoms with van der Waals surface area (Å²) in [6, 6.07) is 30.7. The Labute approximate surface area is 308 Å². The smallest absolute Gasteiger partial charge is 0.0707 e. The fourth-order valence-corrected chi connectivity index (χ4v) is 7.95. The molecule has 6 rings (SSSR count). The SMILES string of the molecule is CC/C=C(\C=C/C(C)C1=CC(C2=CC(C)c3ccccc3C(C)(C)CC=C2)CC(C)CC=C1)C1=CC(c2ccccc2)NC(c2ccccc2)=C1. The normalized spacial score (nSPS) is 24.3. The first-order valence-corrected chi connectivity index (χ1v) is 19.3. The van der Waals surface area contributed by atoms with E-state index in [9.17, 15) is 0 Å². The highest BCUT2D eigenvalue weighted by Gasteiger charge is 2.26. The van der Waals surface area contributed by atoms with Gasteiger partial charge in [0.1, 0.15) is 0 Å². The van der Waals surface area contributed by atoms with Crippen LogP contribution in [0.2, 0.25) is 0 Å². The molecule has 1 nitrogen and oxygen atoms in total. The molecular formula is C50H57N. The van der Waals surface area contributed by atoms with E-state index in [1.54, 1.807) is 0 Å². The van der Waals surface area contributed by atoms with Gasteiger partial charge in [0.15, 0.2) is 0 Å². The average Bonchev–Trinajstić information content (AvgIpc) is 3.18. The van der Waals surface area contributed by atoms with Crippen LogP contribution >= 0.6 is 0 Å². The minimum Gasteiger partial charge on any atom is -0.374 e. The van der Waals surface area contributed by atoms with Gasteiger partial charge in [-0.2, -0.15) is 0 Å². The maximum atomic E-state index is 3.81. The molecule has 3 aliphatic rings. The zero-order chi connectivity index (χ0) is 35.8. The summed E-state index contributed by atoms with van der Waals surface area (Å²) in [6.07, 6.45) is 31.0. The second-order valence-corrected chi connectivity index (χ2v) is 15.6. The zero-order valence-electron chi connectivity index (χ0n) is 31.6. The molecule has 0 aromatic heterocycles. The molecule has 5 unspecified atom stereocenters. The van der Waals surface area contributed by atoms with Crippen LogP contribution in [-0.4, -0.2) is 0 Å². The molecular weight excluding hydrogens is 615 g/mol. The molecule has 51 heavy (non-hydrogen) atoms. The molecule has 0 saturated carbocycles. The molecule has 3 aromatic rings. The van der Waals surface area contributed by atoms with Gasteiger partial charge in [-0.05, 0) is 106 Å². The van der Waals surface area contributed by atoms with Gasteiger partial charge in [-0.1, -0.05) is 181 Å². The van der Waals surface area contributed by atoms with Gasteiger partial charge in [-0.25, -0.2) is 0 Å². The predicted molar refractivity (Wildman–Crippen MR) is 220 cm³/mol. The van der Waals surface area contributed by atoms with E-state index in [1.807, 2.05) is 0 Å². The van der Waals surface area contributed by atoms with Gasteiger partial charge < -0.3 is 5.32 Å². The number of fused-ring (bicyclic) bond motifs is 1. The second kappa shape index (κ2) is 16.6. The summed E-state index contributed by atoms with van der Waals surface area (Å²) >= 11 is 0. The molecule has 1 N–H and O–H groups in total. The van der Waals surface area contributed by atoms with Crippen LogP contribution < -0.4 is 5.32 Å². The van der Waals surface area contributed by atoms with Gasteiger partial charge >= 0.3 is 0 Å². The van der Waals surface area contributed by atoms with Crippen molar-refractivity contribution in [2.75, 3.05) is 0 Å². The van der Waals surface area contributed by atoms with Crippen molar-refractivity contribution in [1.29, 1.82) is 0 Å². The number of hydrogen-bond donors (Lipinski definition) is 1. The molecule has 2 aliphatic carbocycles. The summed E-state index contributed by atoms with van der Waals surface area (Å²) < 4.78 is 0. The van der Waals surface area contributed by atoms with Crippen molar-refractivity contribution < 1.29 is 0 Å². The molecule has 0 spiro atoms. The molecule has 0 fully saturated rings. The molecule has 3 aromatic carbocycles. The van der Waals surface area contributed by atoms with Crippen molar-refractivity contribution in [3.63, 3.8) is 0 Å². The number of dihydropyridines is 1. The van der Waals surface area contributed by atoms with E-state index in [4.69, 9.17) is 0 Å². The lowest BCUT2D eigenvalue weighted by Crippen LogP contribution is -2.22. The van der Waals surface area contributed by atoms with Gasteiger partial charge in [0.25, 0.3) is 0 Å². The van der Waals surface area contributed by atoms with Gasteiger partial charge in [0.2, 0.25) is 0 Å². The summed E-state index contributed by atoms with van der Waals surface area (Å²) in [5.41, 5.74) is 12.1. The summed E-state index contributed by atoms with van der Waals surface area (Å²) in [4.78, 5) is 0. The molecule has 1 heterocycles. The topological polar surface area (TPSA) is 12.0 Å². The zero-order valence-corrected chi connectivity index (χ0v) is 31.6. The van der Waals surface area contributed by atoms with Crippen LogP contribution in [0.4, 0.5) is 0 Å².